The number of nitro groups is 1. The average Bonchev–Trinajstić information content (AvgIpc) is 2.37. The molecule has 1 rings (SSSR count). The average molecular weight is 306 g/mol. The zero-order valence-electron chi connectivity index (χ0n) is 10.3. The third kappa shape index (κ3) is 3.96. The molecule has 0 spiro atoms. The highest BCUT2D eigenvalue weighted by atomic mass is 32.2. The summed E-state index contributed by atoms with van der Waals surface area (Å²) >= 11 is 0. The quantitative estimate of drug-likeness (QED) is 0.467. The van der Waals surface area contributed by atoms with E-state index in [1.165, 1.54) is 0 Å². The first-order chi connectivity index (χ1) is 9.27. The molecule has 0 amide bonds. The van der Waals surface area contributed by atoms with Crippen LogP contribution >= 0.6 is 0 Å². The highest BCUT2D eigenvalue weighted by molar-refractivity contribution is 7.89. The Balaban J connectivity index is 2.98. The zero-order valence-corrected chi connectivity index (χ0v) is 11.1. The van der Waals surface area contributed by atoms with Gasteiger partial charge in [0.2, 0.25) is 10.0 Å². The van der Waals surface area contributed by atoms with Crippen molar-refractivity contribution in [2.24, 2.45) is 0 Å². The Morgan fingerprint density at radius 2 is 2.15 bits per heavy atom. The van der Waals surface area contributed by atoms with Gasteiger partial charge in [-0.15, -0.1) is 0 Å². The third-order valence-corrected chi connectivity index (χ3v) is 3.76. The summed E-state index contributed by atoms with van der Waals surface area (Å²) in [6.45, 7) is -0.288. The molecule has 0 radical (unpaired) electrons. The summed E-state index contributed by atoms with van der Waals surface area (Å²) < 4.78 is 42.9. The molecule has 1 aromatic rings. The highest BCUT2D eigenvalue weighted by Crippen LogP contribution is 2.24. The van der Waals surface area contributed by atoms with Gasteiger partial charge in [0, 0.05) is 6.54 Å². The number of nitrogens with one attached hydrogen (secondary N) is 1. The van der Waals surface area contributed by atoms with Gasteiger partial charge in [0.1, 0.15) is 5.82 Å². The molecule has 8 nitrogen and oxygen atoms in total. The van der Waals surface area contributed by atoms with E-state index in [0.29, 0.717) is 6.07 Å². The Bertz CT molecular complexity index is 631. The molecule has 110 valence electrons. The van der Waals surface area contributed by atoms with Crippen LogP contribution in [0.15, 0.2) is 23.1 Å². The van der Waals surface area contributed by atoms with E-state index in [1.807, 2.05) is 4.72 Å². The summed E-state index contributed by atoms with van der Waals surface area (Å²) in [5.74, 6) is -1.56. The van der Waals surface area contributed by atoms with Gasteiger partial charge in [-0.05, 0) is 12.1 Å². The molecular formula is C10H11FN2O6S. The van der Waals surface area contributed by atoms with Crippen LogP contribution in [0.5, 0.6) is 0 Å². The molecular weight excluding hydrogens is 295 g/mol. The van der Waals surface area contributed by atoms with Crippen molar-refractivity contribution in [3.05, 3.63) is 34.1 Å². The fourth-order valence-corrected chi connectivity index (χ4v) is 2.51. The lowest BCUT2D eigenvalue weighted by Gasteiger charge is -2.06. The van der Waals surface area contributed by atoms with E-state index in [-0.39, 0.29) is 13.0 Å². The number of carbonyl (C=O) groups excluding carboxylic acids is 1. The van der Waals surface area contributed by atoms with Crippen LogP contribution in [-0.2, 0) is 19.6 Å². The lowest BCUT2D eigenvalue weighted by Crippen LogP contribution is -2.27. The topological polar surface area (TPSA) is 116 Å². The lowest BCUT2D eigenvalue weighted by atomic mass is 10.3. The van der Waals surface area contributed by atoms with Crippen molar-refractivity contribution >= 4 is 21.7 Å². The Kier molecular flexibility index (Phi) is 5.11. The largest absolute Gasteiger partial charge is 0.469 e. The van der Waals surface area contributed by atoms with Crippen molar-refractivity contribution in [1.29, 1.82) is 0 Å². The van der Waals surface area contributed by atoms with Crippen molar-refractivity contribution in [3.8, 4) is 0 Å². The van der Waals surface area contributed by atoms with Crippen molar-refractivity contribution in [2.75, 3.05) is 13.7 Å². The van der Waals surface area contributed by atoms with Crippen LogP contribution in [0.3, 0.4) is 0 Å². The van der Waals surface area contributed by atoms with E-state index in [4.69, 9.17) is 0 Å². The number of esters is 1. The van der Waals surface area contributed by atoms with Gasteiger partial charge in [-0.3, -0.25) is 14.9 Å². The second-order valence-corrected chi connectivity index (χ2v) is 5.33. The number of hydrogen-bond acceptors (Lipinski definition) is 6. The summed E-state index contributed by atoms with van der Waals surface area (Å²) in [7, 11) is -3.08. The summed E-state index contributed by atoms with van der Waals surface area (Å²) in [4.78, 5) is 19.9. The molecule has 0 heterocycles. The van der Waals surface area contributed by atoms with E-state index in [0.717, 1.165) is 19.2 Å². The minimum absolute atomic E-state index is 0.231. The molecule has 0 saturated heterocycles. The Hall–Kier alpha value is -2.07. The second kappa shape index (κ2) is 6.39. The lowest BCUT2D eigenvalue weighted by molar-refractivity contribution is -0.388. The van der Waals surface area contributed by atoms with Crippen LogP contribution in [0.4, 0.5) is 10.1 Å². The molecule has 10 heteroatoms. The number of methoxy groups -OCH3 is 1. The molecule has 0 saturated carbocycles. The van der Waals surface area contributed by atoms with Gasteiger partial charge in [-0.25, -0.2) is 17.5 Å². The molecule has 0 unspecified atom stereocenters. The number of rotatable bonds is 6. The highest BCUT2D eigenvalue weighted by Gasteiger charge is 2.26. The first-order valence-electron chi connectivity index (χ1n) is 5.28. The Labute approximate surface area is 113 Å². The van der Waals surface area contributed by atoms with Crippen molar-refractivity contribution in [1.82, 2.24) is 4.72 Å². The Morgan fingerprint density at radius 1 is 1.50 bits per heavy atom. The van der Waals surface area contributed by atoms with Crippen LogP contribution in [-0.4, -0.2) is 33.0 Å². The molecule has 0 aliphatic heterocycles. The normalized spacial score (nSPS) is 11.1. The van der Waals surface area contributed by atoms with Gasteiger partial charge in [-0.2, -0.15) is 0 Å². The molecule has 0 atom stereocenters. The third-order valence-electron chi connectivity index (χ3n) is 2.26. The van der Waals surface area contributed by atoms with Crippen LogP contribution in [0.25, 0.3) is 0 Å². The van der Waals surface area contributed by atoms with Crippen LogP contribution < -0.4 is 4.72 Å². The van der Waals surface area contributed by atoms with E-state index in [9.17, 15) is 27.7 Å². The molecule has 0 aliphatic rings. The molecule has 1 N–H and O–H groups in total. The van der Waals surface area contributed by atoms with Gasteiger partial charge >= 0.3 is 5.97 Å². The van der Waals surface area contributed by atoms with Gasteiger partial charge in [0.25, 0.3) is 5.69 Å². The molecule has 0 bridgehead atoms. The van der Waals surface area contributed by atoms with E-state index in [1.54, 1.807) is 0 Å². The maximum atomic E-state index is 12.9. The van der Waals surface area contributed by atoms with Gasteiger partial charge in [0.15, 0.2) is 4.90 Å². The number of sulfonamides is 1. The fourth-order valence-electron chi connectivity index (χ4n) is 1.33. The first kappa shape index (κ1) is 16.0. The minimum Gasteiger partial charge on any atom is -0.469 e. The number of hydrogen-bond donors (Lipinski definition) is 1. The molecule has 0 fully saturated rings. The van der Waals surface area contributed by atoms with Crippen molar-refractivity contribution in [2.45, 2.75) is 11.3 Å². The number of carbonyl (C=O) groups is 1. The molecule has 0 aliphatic carbocycles. The van der Waals surface area contributed by atoms with Crippen molar-refractivity contribution in [3.63, 3.8) is 0 Å². The van der Waals surface area contributed by atoms with Gasteiger partial charge in [0.05, 0.1) is 24.5 Å². The summed E-state index contributed by atoms with van der Waals surface area (Å²) in [6.07, 6.45) is -0.231. The van der Waals surface area contributed by atoms with E-state index in [2.05, 4.69) is 4.74 Å². The maximum absolute atomic E-state index is 12.9. The zero-order chi connectivity index (χ0) is 15.3. The second-order valence-electron chi connectivity index (χ2n) is 3.59. The summed E-state index contributed by atoms with van der Waals surface area (Å²) in [5, 5.41) is 10.7. The summed E-state index contributed by atoms with van der Waals surface area (Å²) in [6, 6.07) is 2.09. The molecule has 0 aromatic heterocycles. The summed E-state index contributed by atoms with van der Waals surface area (Å²) in [5.41, 5.74) is -0.879. The Morgan fingerprint density at radius 3 is 2.70 bits per heavy atom. The predicted molar refractivity (Wildman–Crippen MR) is 64.9 cm³/mol. The number of halogens is 1. The van der Waals surface area contributed by atoms with Crippen LogP contribution in [0.1, 0.15) is 6.42 Å². The number of ether oxygens (including phenoxy) is 1. The molecule has 20 heavy (non-hydrogen) atoms. The van der Waals surface area contributed by atoms with Crippen LogP contribution in [0.2, 0.25) is 0 Å². The number of nitrogens with zero attached hydrogens (tertiary/aromatic N) is 1. The van der Waals surface area contributed by atoms with Gasteiger partial charge < -0.3 is 4.74 Å². The van der Waals surface area contributed by atoms with Crippen LogP contribution in [0, 0.1) is 15.9 Å². The predicted octanol–water partition coefficient (Wildman–Crippen LogP) is 0.575. The maximum Gasteiger partial charge on any atom is 0.306 e. The van der Waals surface area contributed by atoms with E-state index < -0.39 is 37.3 Å². The monoisotopic (exact) mass is 306 g/mol. The SMILES string of the molecule is COC(=O)CCNS(=O)(=O)c1ccc(F)cc1[N+](=O)[O-]. The molecule has 1 aromatic carbocycles. The number of benzene rings is 1. The first-order valence-corrected chi connectivity index (χ1v) is 6.76. The minimum atomic E-state index is -4.22. The van der Waals surface area contributed by atoms with Crippen molar-refractivity contribution < 1.29 is 27.3 Å². The fraction of sp³-hybridized carbons (Fsp3) is 0.300. The smallest absolute Gasteiger partial charge is 0.306 e. The van der Waals surface area contributed by atoms with Gasteiger partial charge in [-0.1, -0.05) is 0 Å². The number of nitro benzene ring substituents is 1. The standard InChI is InChI=1S/C10H11FN2O6S/c1-19-10(14)4-5-12-20(17,18)9-3-2-7(11)6-8(9)13(15)16/h2-3,6,12H,4-5H2,1H3. The van der Waals surface area contributed by atoms with E-state index >= 15 is 0 Å².